The lowest BCUT2D eigenvalue weighted by atomic mass is 10.3. The zero-order chi connectivity index (χ0) is 12.8. The molecule has 0 aromatic carbocycles. The van der Waals surface area contributed by atoms with Crippen molar-refractivity contribution in [1.29, 1.82) is 0 Å². The van der Waals surface area contributed by atoms with Gasteiger partial charge in [0, 0.05) is 13.1 Å². The molecule has 0 aliphatic rings. The van der Waals surface area contributed by atoms with Crippen molar-refractivity contribution in [2.24, 2.45) is 0 Å². The molecule has 0 unspecified atom stereocenters. The van der Waals surface area contributed by atoms with Crippen molar-refractivity contribution in [2.45, 2.75) is 0 Å². The molecule has 18 heavy (non-hydrogen) atoms. The maximum Gasteiger partial charge on any atom is 0.254 e. The van der Waals surface area contributed by atoms with Crippen molar-refractivity contribution >= 4 is 11.8 Å². The average molecular weight is 248 g/mol. The molecule has 2 aromatic rings. The lowest BCUT2D eigenvalue weighted by Gasteiger charge is -2.04. The summed E-state index contributed by atoms with van der Waals surface area (Å²) in [5.74, 6) is -0.470. The van der Waals surface area contributed by atoms with Gasteiger partial charge < -0.3 is 19.5 Å². The Hall–Kier alpha value is -2.50. The SMILES string of the molecule is O=C(NCCNC(=O)c1ccoc1)c1ccoc1. The number of carbonyl (C=O) groups excluding carboxylic acids is 2. The Balaban J connectivity index is 1.67. The number of nitrogens with one attached hydrogen (secondary N) is 2. The molecule has 2 amide bonds. The molecule has 0 aliphatic carbocycles. The summed E-state index contributed by atoms with van der Waals surface area (Å²) >= 11 is 0. The van der Waals surface area contributed by atoms with Crippen molar-refractivity contribution in [3.05, 3.63) is 48.3 Å². The van der Waals surface area contributed by atoms with Gasteiger partial charge in [-0.05, 0) is 12.1 Å². The third kappa shape index (κ3) is 3.00. The maximum absolute atomic E-state index is 11.5. The predicted octanol–water partition coefficient (Wildman–Crippen LogP) is 1.03. The van der Waals surface area contributed by atoms with Crippen LogP contribution in [0.25, 0.3) is 0 Å². The van der Waals surface area contributed by atoms with Crippen LogP contribution in [0.1, 0.15) is 20.7 Å². The van der Waals surface area contributed by atoms with E-state index in [-0.39, 0.29) is 11.8 Å². The van der Waals surface area contributed by atoms with E-state index in [2.05, 4.69) is 10.6 Å². The minimum Gasteiger partial charge on any atom is -0.472 e. The van der Waals surface area contributed by atoms with E-state index >= 15 is 0 Å². The molecule has 94 valence electrons. The van der Waals surface area contributed by atoms with Gasteiger partial charge >= 0.3 is 0 Å². The monoisotopic (exact) mass is 248 g/mol. The van der Waals surface area contributed by atoms with Gasteiger partial charge in [0.1, 0.15) is 12.5 Å². The van der Waals surface area contributed by atoms with E-state index in [9.17, 15) is 9.59 Å². The second-order valence-electron chi connectivity index (χ2n) is 3.54. The summed E-state index contributed by atoms with van der Waals surface area (Å²) in [5.41, 5.74) is 0.910. The van der Waals surface area contributed by atoms with Crippen LogP contribution >= 0.6 is 0 Å². The largest absolute Gasteiger partial charge is 0.472 e. The number of hydrogen-bond donors (Lipinski definition) is 2. The molecule has 6 nitrogen and oxygen atoms in total. The third-order valence-corrected chi connectivity index (χ3v) is 2.26. The molecule has 2 aromatic heterocycles. The number of hydrogen-bond acceptors (Lipinski definition) is 4. The van der Waals surface area contributed by atoms with Crippen LogP contribution in [-0.2, 0) is 0 Å². The molecule has 0 saturated heterocycles. The van der Waals surface area contributed by atoms with Crippen LogP contribution in [0.2, 0.25) is 0 Å². The van der Waals surface area contributed by atoms with E-state index in [1.807, 2.05) is 0 Å². The first kappa shape index (κ1) is 12.0. The van der Waals surface area contributed by atoms with Crippen molar-refractivity contribution in [1.82, 2.24) is 10.6 Å². The van der Waals surface area contributed by atoms with Crippen LogP contribution in [0.4, 0.5) is 0 Å². The predicted molar refractivity (Wildman–Crippen MR) is 62.1 cm³/mol. The summed E-state index contributed by atoms with van der Waals surface area (Å²) in [6, 6.07) is 3.14. The molecule has 2 rings (SSSR count). The molecule has 0 spiro atoms. The Morgan fingerprint density at radius 2 is 1.33 bits per heavy atom. The van der Waals surface area contributed by atoms with Crippen molar-refractivity contribution in [3.8, 4) is 0 Å². The van der Waals surface area contributed by atoms with Gasteiger partial charge in [0.2, 0.25) is 0 Å². The zero-order valence-electron chi connectivity index (χ0n) is 9.51. The highest BCUT2D eigenvalue weighted by molar-refractivity contribution is 5.94. The van der Waals surface area contributed by atoms with E-state index in [0.717, 1.165) is 0 Å². The Labute approximate surface area is 103 Å². The molecular formula is C12H12N2O4. The second-order valence-corrected chi connectivity index (χ2v) is 3.54. The van der Waals surface area contributed by atoms with Gasteiger partial charge in [-0.1, -0.05) is 0 Å². The van der Waals surface area contributed by atoms with Crippen molar-refractivity contribution in [3.63, 3.8) is 0 Å². The summed E-state index contributed by atoms with van der Waals surface area (Å²) in [5, 5.41) is 5.30. The summed E-state index contributed by atoms with van der Waals surface area (Å²) in [4.78, 5) is 23.0. The Morgan fingerprint density at radius 3 is 1.67 bits per heavy atom. The van der Waals surface area contributed by atoms with Crippen LogP contribution in [0.3, 0.4) is 0 Å². The molecule has 0 aliphatic heterocycles. The molecule has 2 heterocycles. The Kier molecular flexibility index (Phi) is 3.80. The molecule has 0 fully saturated rings. The average Bonchev–Trinajstić information content (AvgIpc) is 3.05. The van der Waals surface area contributed by atoms with Gasteiger partial charge in [-0.25, -0.2) is 0 Å². The Bertz CT molecular complexity index is 454. The number of furan rings is 2. The maximum atomic E-state index is 11.5. The van der Waals surface area contributed by atoms with Crippen LogP contribution < -0.4 is 10.6 Å². The van der Waals surface area contributed by atoms with Gasteiger partial charge in [0.05, 0.1) is 23.7 Å². The molecule has 0 bridgehead atoms. The molecule has 0 saturated carbocycles. The van der Waals surface area contributed by atoms with Gasteiger partial charge in [-0.2, -0.15) is 0 Å². The highest BCUT2D eigenvalue weighted by Crippen LogP contribution is 1.99. The van der Waals surface area contributed by atoms with E-state index < -0.39 is 0 Å². The number of rotatable bonds is 5. The molecular weight excluding hydrogens is 236 g/mol. The van der Waals surface area contributed by atoms with Crippen molar-refractivity contribution < 1.29 is 18.4 Å². The van der Waals surface area contributed by atoms with Gasteiger partial charge in [0.15, 0.2) is 0 Å². The standard InChI is InChI=1S/C12H12N2O4/c15-11(9-1-5-17-7-9)13-3-4-14-12(16)10-2-6-18-8-10/h1-2,5-8H,3-4H2,(H,13,15)(H,14,16). The van der Waals surface area contributed by atoms with E-state index in [4.69, 9.17) is 8.83 Å². The second kappa shape index (κ2) is 5.72. The lowest BCUT2D eigenvalue weighted by molar-refractivity contribution is 0.0927. The van der Waals surface area contributed by atoms with Crippen molar-refractivity contribution in [2.75, 3.05) is 13.1 Å². The fraction of sp³-hybridized carbons (Fsp3) is 0.167. The fourth-order valence-corrected chi connectivity index (χ4v) is 1.34. The van der Waals surface area contributed by atoms with Gasteiger partial charge in [0.25, 0.3) is 11.8 Å². The van der Waals surface area contributed by atoms with Gasteiger partial charge in [-0.15, -0.1) is 0 Å². The quantitative estimate of drug-likeness (QED) is 0.774. The third-order valence-electron chi connectivity index (χ3n) is 2.26. The lowest BCUT2D eigenvalue weighted by Crippen LogP contribution is -2.34. The highest BCUT2D eigenvalue weighted by Gasteiger charge is 2.07. The minimum absolute atomic E-state index is 0.235. The smallest absolute Gasteiger partial charge is 0.254 e. The van der Waals surface area contributed by atoms with E-state index in [1.165, 1.54) is 25.1 Å². The first-order valence-corrected chi connectivity index (χ1v) is 5.38. The van der Waals surface area contributed by atoms with Crippen LogP contribution in [0.5, 0.6) is 0 Å². The first-order chi connectivity index (χ1) is 8.77. The number of amides is 2. The molecule has 6 heteroatoms. The summed E-state index contributed by atoms with van der Waals surface area (Å²) in [7, 11) is 0. The summed E-state index contributed by atoms with van der Waals surface area (Å²) in [6.45, 7) is 0.682. The van der Waals surface area contributed by atoms with Crippen LogP contribution in [0, 0.1) is 0 Å². The zero-order valence-corrected chi connectivity index (χ0v) is 9.51. The fourth-order valence-electron chi connectivity index (χ4n) is 1.34. The number of carbonyl (C=O) groups is 2. The normalized spacial score (nSPS) is 10.0. The molecule has 0 atom stereocenters. The van der Waals surface area contributed by atoms with E-state index in [1.54, 1.807) is 12.1 Å². The first-order valence-electron chi connectivity index (χ1n) is 5.38. The van der Waals surface area contributed by atoms with Gasteiger partial charge in [-0.3, -0.25) is 9.59 Å². The Morgan fingerprint density at radius 1 is 0.889 bits per heavy atom. The molecule has 0 radical (unpaired) electrons. The summed E-state index contributed by atoms with van der Waals surface area (Å²) in [6.07, 6.45) is 5.57. The topological polar surface area (TPSA) is 84.5 Å². The molecule has 2 N–H and O–H groups in total. The van der Waals surface area contributed by atoms with E-state index in [0.29, 0.717) is 24.2 Å². The summed E-state index contributed by atoms with van der Waals surface area (Å²) < 4.78 is 9.58. The van der Waals surface area contributed by atoms with Crippen LogP contribution in [-0.4, -0.2) is 24.9 Å². The highest BCUT2D eigenvalue weighted by atomic mass is 16.3. The van der Waals surface area contributed by atoms with Crippen LogP contribution in [0.15, 0.2) is 46.0 Å². The minimum atomic E-state index is -0.235.